The molecule has 1 N–H and O–H groups in total. The zero-order valence-corrected chi connectivity index (χ0v) is 17.1. The number of carbonyl (C=O) groups excluding carboxylic acids is 1. The number of aromatic nitrogens is 2. The molecular formula is C19H18N4O6S. The number of hydrogen-bond donors (Lipinski definition) is 1. The summed E-state index contributed by atoms with van der Waals surface area (Å²) in [5.74, 6) is -0.556. The molecule has 156 valence electrons. The third-order valence-corrected chi connectivity index (χ3v) is 6.61. The number of hydrogen-bond acceptors (Lipinski definition) is 8. The predicted molar refractivity (Wildman–Crippen MR) is 108 cm³/mol. The highest BCUT2D eigenvalue weighted by Crippen LogP contribution is 2.25. The van der Waals surface area contributed by atoms with Crippen LogP contribution >= 0.6 is 0 Å². The van der Waals surface area contributed by atoms with Gasteiger partial charge >= 0.3 is 6.01 Å². The molecule has 3 aromatic rings. The van der Waals surface area contributed by atoms with Gasteiger partial charge in [-0.2, -0.15) is 0 Å². The second-order valence-electron chi connectivity index (χ2n) is 6.69. The number of nitro groups is 1. The molecule has 11 heteroatoms. The number of nitrogens with zero attached hydrogens (tertiary/aromatic N) is 3. The van der Waals surface area contributed by atoms with Crippen LogP contribution in [-0.4, -0.2) is 34.7 Å². The van der Waals surface area contributed by atoms with Crippen LogP contribution in [0.3, 0.4) is 0 Å². The molecule has 0 radical (unpaired) electrons. The van der Waals surface area contributed by atoms with Crippen LogP contribution in [0.15, 0.2) is 51.8 Å². The van der Waals surface area contributed by atoms with E-state index >= 15 is 0 Å². The third kappa shape index (κ3) is 4.06. The van der Waals surface area contributed by atoms with Crippen LogP contribution in [0.1, 0.15) is 29.8 Å². The van der Waals surface area contributed by atoms with Gasteiger partial charge in [0.1, 0.15) is 0 Å². The number of carbonyl (C=O) groups is 1. The Hall–Kier alpha value is -3.60. The van der Waals surface area contributed by atoms with Gasteiger partial charge in [-0.05, 0) is 51.1 Å². The molecule has 3 rings (SSSR count). The van der Waals surface area contributed by atoms with Crippen LogP contribution in [0.2, 0.25) is 0 Å². The van der Waals surface area contributed by atoms with Crippen molar-refractivity contribution in [2.45, 2.75) is 30.9 Å². The quantitative estimate of drug-likeness (QED) is 0.462. The second kappa shape index (κ2) is 8.03. The van der Waals surface area contributed by atoms with Gasteiger partial charge in [0.25, 0.3) is 11.6 Å². The molecule has 0 aliphatic carbocycles. The van der Waals surface area contributed by atoms with E-state index in [4.69, 9.17) is 4.42 Å². The molecular weight excluding hydrogens is 412 g/mol. The zero-order chi connectivity index (χ0) is 22.1. The highest BCUT2D eigenvalue weighted by Gasteiger charge is 2.21. The molecule has 0 bridgehead atoms. The lowest BCUT2D eigenvalue weighted by Crippen LogP contribution is -2.14. The maximum absolute atomic E-state index is 12.4. The Kier molecular flexibility index (Phi) is 5.65. The summed E-state index contributed by atoms with van der Waals surface area (Å²) in [5.41, 5.74) is 0.608. The highest BCUT2D eigenvalue weighted by atomic mass is 32.2. The van der Waals surface area contributed by atoms with Crippen molar-refractivity contribution >= 4 is 27.4 Å². The van der Waals surface area contributed by atoms with Crippen molar-refractivity contribution in [3.63, 3.8) is 0 Å². The Labute approximate surface area is 172 Å². The van der Waals surface area contributed by atoms with Gasteiger partial charge in [0, 0.05) is 22.8 Å². The van der Waals surface area contributed by atoms with Gasteiger partial charge < -0.3 is 4.42 Å². The molecule has 0 spiro atoms. The van der Waals surface area contributed by atoms with Crippen molar-refractivity contribution in [1.82, 2.24) is 10.2 Å². The molecule has 0 saturated carbocycles. The maximum atomic E-state index is 12.4. The molecule has 0 fully saturated rings. The number of anilines is 1. The highest BCUT2D eigenvalue weighted by molar-refractivity contribution is 7.92. The smallest absolute Gasteiger partial charge is 0.322 e. The average molecular weight is 430 g/mol. The van der Waals surface area contributed by atoms with E-state index in [9.17, 15) is 23.3 Å². The van der Waals surface area contributed by atoms with Crippen LogP contribution in [-0.2, 0) is 9.84 Å². The van der Waals surface area contributed by atoms with Crippen LogP contribution in [0.5, 0.6) is 0 Å². The molecule has 10 nitrogen and oxygen atoms in total. The van der Waals surface area contributed by atoms with E-state index in [1.165, 1.54) is 49.4 Å². The summed E-state index contributed by atoms with van der Waals surface area (Å²) in [4.78, 5) is 23.1. The SMILES string of the molecule is Cc1c(C(=O)Nc2nnc(-c3ccc(S(=O)(=O)C(C)C)cc3)o2)cccc1[N+](=O)[O-]. The molecule has 0 unspecified atom stereocenters. The van der Waals surface area contributed by atoms with Gasteiger partial charge in [-0.3, -0.25) is 20.2 Å². The molecule has 0 aliphatic rings. The van der Waals surface area contributed by atoms with E-state index in [2.05, 4.69) is 15.5 Å². The number of nitrogens with one attached hydrogen (secondary N) is 1. The van der Waals surface area contributed by atoms with Gasteiger partial charge in [0.2, 0.25) is 5.89 Å². The van der Waals surface area contributed by atoms with Crippen LogP contribution in [0.25, 0.3) is 11.5 Å². The summed E-state index contributed by atoms with van der Waals surface area (Å²) in [5, 5.41) is 20.5. The summed E-state index contributed by atoms with van der Waals surface area (Å²) >= 11 is 0. The normalized spacial score (nSPS) is 11.5. The van der Waals surface area contributed by atoms with Crippen molar-refractivity contribution < 1.29 is 22.6 Å². The molecule has 1 heterocycles. The summed E-state index contributed by atoms with van der Waals surface area (Å²) in [6.07, 6.45) is 0. The Morgan fingerprint density at radius 2 is 1.80 bits per heavy atom. The van der Waals surface area contributed by atoms with Crippen molar-refractivity contribution in [1.29, 1.82) is 0 Å². The first-order chi connectivity index (χ1) is 14.1. The first-order valence-electron chi connectivity index (χ1n) is 8.84. The van der Waals surface area contributed by atoms with Crippen molar-refractivity contribution in [3.05, 3.63) is 63.7 Å². The Bertz CT molecular complexity index is 1220. The number of rotatable bonds is 6. The molecule has 0 aliphatic heterocycles. The van der Waals surface area contributed by atoms with Crippen LogP contribution in [0, 0.1) is 17.0 Å². The second-order valence-corrected chi connectivity index (χ2v) is 9.20. The molecule has 1 amide bonds. The minimum atomic E-state index is -3.40. The zero-order valence-electron chi connectivity index (χ0n) is 16.3. The van der Waals surface area contributed by atoms with Crippen molar-refractivity contribution in [2.24, 2.45) is 0 Å². The molecule has 1 aromatic heterocycles. The summed E-state index contributed by atoms with van der Waals surface area (Å²) in [6, 6.07) is 9.91. The minimum absolute atomic E-state index is 0.0783. The van der Waals surface area contributed by atoms with E-state index < -0.39 is 25.9 Å². The van der Waals surface area contributed by atoms with Crippen LogP contribution in [0.4, 0.5) is 11.7 Å². The Morgan fingerprint density at radius 3 is 2.40 bits per heavy atom. The lowest BCUT2D eigenvalue weighted by atomic mass is 10.1. The number of sulfone groups is 1. The fourth-order valence-electron chi connectivity index (χ4n) is 2.68. The Balaban J connectivity index is 1.80. The van der Waals surface area contributed by atoms with Gasteiger partial charge in [-0.25, -0.2) is 8.42 Å². The minimum Gasteiger partial charge on any atom is -0.403 e. The fraction of sp³-hybridized carbons (Fsp3) is 0.211. The van der Waals surface area contributed by atoms with Crippen molar-refractivity contribution in [2.75, 3.05) is 5.32 Å². The molecule has 0 saturated heterocycles. The lowest BCUT2D eigenvalue weighted by Gasteiger charge is -2.07. The lowest BCUT2D eigenvalue weighted by molar-refractivity contribution is -0.385. The fourth-order valence-corrected chi connectivity index (χ4v) is 3.74. The first-order valence-corrected chi connectivity index (χ1v) is 10.4. The van der Waals surface area contributed by atoms with Gasteiger partial charge in [0.05, 0.1) is 15.1 Å². The van der Waals surface area contributed by atoms with E-state index in [1.54, 1.807) is 13.8 Å². The van der Waals surface area contributed by atoms with E-state index in [-0.39, 0.29) is 33.6 Å². The standard InChI is InChI=1S/C19H18N4O6S/c1-11(2)30(27,28)14-9-7-13(8-10-14)18-21-22-19(29-18)20-17(24)15-5-4-6-16(12(15)3)23(25)26/h4-11H,1-3H3,(H,20,22,24). The van der Waals surface area contributed by atoms with E-state index in [0.717, 1.165) is 0 Å². The largest absolute Gasteiger partial charge is 0.403 e. The summed E-state index contributed by atoms with van der Waals surface area (Å²) < 4.78 is 29.8. The van der Waals surface area contributed by atoms with Gasteiger partial charge in [-0.15, -0.1) is 5.10 Å². The number of amides is 1. The van der Waals surface area contributed by atoms with E-state index in [1.807, 2.05) is 0 Å². The summed E-state index contributed by atoms with van der Waals surface area (Å²) in [7, 11) is -3.40. The van der Waals surface area contributed by atoms with Gasteiger partial charge in [-0.1, -0.05) is 11.2 Å². The molecule has 30 heavy (non-hydrogen) atoms. The number of nitro benzene ring substituents is 1. The Morgan fingerprint density at radius 1 is 1.13 bits per heavy atom. The predicted octanol–water partition coefficient (Wildman–Crippen LogP) is 3.39. The van der Waals surface area contributed by atoms with Crippen LogP contribution < -0.4 is 5.32 Å². The monoisotopic (exact) mass is 430 g/mol. The molecule has 2 aromatic carbocycles. The molecule has 0 atom stereocenters. The average Bonchev–Trinajstić information content (AvgIpc) is 3.16. The third-order valence-electron chi connectivity index (χ3n) is 4.44. The van der Waals surface area contributed by atoms with Gasteiger partial charge in [0.15, 0.2) is 9.84 Å². The van der Waals surface area contributed by atoms with E-state index in [0.29, 0.717) is 5.56 Å². The summed E-state index contributed by atoms with van der Waals surface area (Å²) in [6.45, 7) is 4.66. The number of benzene rings is 2. The maximum Gasteiger partial charge on any atom is 0.322 e. The van der Waals surface area contributed by atoms with Crippen molar-refractivity contribution in [3.8, 4) is 11.5 Å². The topological polar surface area (TPSA) is 145 Å². The first kappa shape index (κ1) is 21.1.